The van der Waals surface area contributed by atoms with Crippen LogP contribution in [0.1, 0.15) is 5.56 Å². The molecule has 4 heteroatoms. The molecule has 0 aromatic heterocycles. The second-order valence-electron chi connectivity index (χ2n) is 7.01. The van der Waals surface area contributed by atoms with Crippen LogP contribution in [0.25, 0.3) is 0 Å². The van der Waals surface area contributed by atoms with Crippen molar-refractivity contribution in [2.45, 2.75) is 46.2 Å². The monoisotopic (exact) mass is 354 g/mol. The van der Waals surface area contributed by atoms with Crippen LogP contribution < -0.4 is 20.9 Å². The Labute approximate surface area is 147 Å². The van der Waals surface area contributed by atoms with Gasteiger partial charge in [0.1, 0.15) is 0 Å². The minimum Gasteiger partial charge on any atom is -0.356 e. The van der Waals surface area contributed by atoms with Gasteiger partial charge >= 0.3 is 0 Å². The molecule has 2 aromatic rings. The fourth-order valence-corrected chi connectivity index (χ4v) is 5.47. The molecule has 0 fully saturated rings. The van der Waals surface area contributed by atoms with Crippen molar-refractivity contribution >= 4 is 53.3 Å². The van der Waals surface area contributed by atoms with E-state index in [-0.39, 0.29) is 0 Å². The zero-order chi connectivity index (χ0) is 17.1. The van der Waals surface area contributed by atoms with E-state index >= 15 is 0 Å². The molecule has 0 bridgehead atoms. The maximum Gasteiger partial charge on any atom is 0.0792 e. The van der Waals surface area contributed by atoms with Crippen molar-refractivity contribution in [2.75, 3.05) is 5.32 Å². The van der Waals surface area contributed by atoms with Gasteiger partial charge in [-0.1, -0.05) is 67.0 Å². The van der Waals surface area contributed by atoms with Crippen LogP contribution in [0.3, 0.4) is 0 Å². The normalized spacial score (nSPS) is 11.6. The highest BCUT2D eigenvalue weighted by molar-refractivity contribution is 6.74. The van der Waals surface area contributed by atoms with Gasteiger partial charge in [-0.25, -0.2) is 0 Å². The third-order valence-corrected chi connectivity index (χ3v) is 8.36. The summed E-state index contributed by atoms with van der Waals surface area (Å²) in [6.07, 6.45) is 0. The van der Waals surface area contributed by atoms with Gasteiger partial charge in [-0.2, -0.15) is 0 Å². The summed E-state index contributed by atoms with van der Waals surface area (Å²) in [6.45, 7) is 16.4. The highest BCUT2D eigenvalue weighted by atomic mass is 28.3. The summed E-state index contributed by atoms with van der Waals surface area (Å²) in [5.74, 6) is 0. The zero-order valence-electron chi connectivity index (χ0n) is 15.5. The van der Waals surface area contributed by atoms with Crippen LogP contribution in [0.15, 0.2) is 36.4 Å². The number of benzene rings is 2. The maximum atomic E-state index is 3.68. The van der Waals surface area contributed by atoms with E-state index in [1.165, 1.54) is 32.5 Å². The highest BCUT2D eigenvalue weighted by Gasteiger charge is 2.10. The Morgan fingerprint density at radius 2 is 0.957 bits per heavy atom. The van der Waals surface area contributed by atoms with Crippen molar-refractivity contribution in [1.82, 2.24) is 0 Å². The lowest BCUT2D eigenvalue weighted by atomic mass is 10.2. The van der Waals surface area contributed by atoms with E-state index < -0.39 is 26.4 Å². The number of anilines is 2. The molecule has 0 saturated heterocycles. The minimum atomic E-state index is -0.429. The van der Waals surface area contributed by atoms with Gasteiger partial charge in [0, 0.05) is 11.4 Å². The lowest BCUT2D eigenvalue weighted by Gasteiger charge is -2.16. The van der Waals surface area contributed by atoms with E-state index in [1.807, 2.05) is 0 Å². The quantitative estimate of drug-likeness (QED) is 0.809. The summed E-state index contributed by atoms with van der Waals surface area (Å²) in [4.78, 5) is 0. The zero-order valence-corrected chi connectivity index (χ0v) is 18.5. The van der Waals surface area contributed by atoms with E-state index in [2.05, 4.69) is 87.9 Å². The summed E-state index contributed by atoms with van der Waals surface area (Å²) in [6, 6.07) is 14.1. The third kappa shape index (κ3) is 4.93. The Kier molecular flexibility index (Phi) is 6.06. The smallest absolute Gasteiger partial charge is 0.0792 e. The first kappa shape index (κ1) is 18.2. The molecule has 0 aliphatic heterocycles. The average molecular weight is 355 g/mol. The first-order valence-corrected chi connectivity index (χ1v) is 15.7. The Morgan fingerprint density at radius 1 is 0.565 bits per heavy atom. The predicted molar refractivity (Wildman–Crippen MR) is 112 cm³/mol. The second-order valence-corrected chi connectivity index (χ2v) is 14.7. The van der Waals surface area contributed by atoms with Crippen LogP contribution in [-0.2, 0) is 0 Å². The van der Waals surface area contributed by atoms with Gasteiger partial charge in [0.2, 0.25) is 0 Å². The van der Waals surface area contributed by atoms with E-state index in [9.17, 15) is 0 Å². The average Bonchev–Trinajstić information content (AvgIpc) is 2.46. The fraction of sp³-hybridized carbons (Fsp3) is 0.368. The first-order chi connectivity index (χ1) is 10.8. The molecular formula is C19H28NSi3. The molecule has 1 nitrogen and oxygen atoms in total. The van der Waals surface area contributed by atoms with Gasteiger partial charge in [-0.15, -0.1) is 0 Å². The van der Waals surface area contributed by atoms with Crippen molar-refractivity contribution in [2.24, 2.45) is 0 Å². The lowest BCUT2D eigenvalue weighted by Crippen LogP contribution is -2.32. The van der Waals surface area contributed by atoms with Gasteiger partial charge < -0.3 is 5.32 Å². The molecule has 0 aliphatic carbocycles. The van der Waals surface area contributed by atoms with Crippen LogP contribution in [0.4, 0.5) is 11.4 Å². The van der Waals surface area contributed by atoms with Crippen molar-refractivity contribution in [3.8, 4) is 0 Å². The van der Waals surface area contributed by atoms with E-state index in [1.54, 1.807) is 0 Å². The second kappa shape index (κ2) is 7.64. The summed E-state index contributed by atoms with van der Waals surface area (Å²) in [5, 5.41) is 8.24. The minimum absolute atomic E-state index is 0.420. The molecule has 3 radical (unpaired) electrons. The Bertz CT molecular complexity index is 652. The first-order valence-electron chi connectivity index (χ1n) is 8.21. The van der Waals surface area contributed by atoms with Crippen LogP contribution in [-0.4, -0.2) is 26.4 Å². The predicted octanol–water partition coefficient (Wildman–Crippen LogP) is 3.62. The number of hydrogen-bond donors (Lipinski definition) is 1. The summed E-state index contributed by atoms with van der Waals surface area (Å²) in [5.41, 5.74) is 3.84. The number of hydrogen-bond acceptors (Lipinski definition) is 1. The van der Waals surface area contributed by atoms with Gasteiger partial charge in [0.25, 0.3) is 0 Å². The van der Waals surface area contributed by atoms with Crippen molar-refractivity contribution < 1.29 is 0 Å². The fourth-order valence-electron chi connectivity index (χ4n) is 2.59. The molecule has 121 valence electrons. The highest BCUT2D eigenvalue weighted by Crippen LogP contribution is 2.16. The van der Waals surface area contributed by atoms with Crippen molar-refractivity contribution in [3.05, 3.63) is 42.0 Å². The molecule has 2 rings (SSSR count). The molecule has 1 N–H and O–H groups in total. The lowest BCUT2D eigenvalue weighted by molar-refractivity contribution is 1.47. The topological polar surface area (TPSA) is 12.0 Å². The molecule has 0 aliphatic rings. The molecule has 0 unspecified atom stereocenters. The largest absolute Gasteiger partial charge is 0.356 e. The van der Waals surface area contributed by atoms with Gasteiger partial charge in [-0.05, 0) is 36.8 Å². The van der Waals surface area contributed by atoms with E-state index in [0.717, 1.165) is 0 Å². The number of aryl methyl sites for hydroxylation is 1. The van der Waals surface area contributed by atoms with Crippen LogP contribution in [0, 0.1) is 6.92 Å². The van der Waals surface area contributed by atoms with Gasteiger partial charge in [0.15, 0.2) is 0 Å². The molecule has 23 heavy (non-hydrogen) atoms. The Balaban J connectivity index is 2.39. The Hall–Kier alpha value is -1.11. The summed E-state index contributed by atoms with van der Waals surface area (Å²) < 4.78 is 0. The molecule has 0 atom stereocenters. The third-order valence-electron chi connectivity index (χ3n) is 4.03. The SMILES string of the molecule is Cc1cc(Nc2cc([Si](C)C)cc([Si](C)C)c2)cc([Si](C)C)c1. The number of rotatable bonds is 5. The van der Waals surface area contributed by atoms with E-state index in [0.29, 0.717) is 0 Å². The van der Waals surface area contributed by atoms with Crippen LogP contribution >= 0.6 is 0 Å². The summed E-state index contributed by atoms with van der Waals surface area (Å²) >= 11 is 0. The molecule has 0 amide bonds. The van der Waals surface area contributed by atoms with Crippen LogP contribution in [0.2, 0.25) is 39.3 Å². The Morgan fingerprint density at radius 3 is 1.39 bits per heavy atom. The molecule has 0 heterocycles. The van der Waals surface area contributed by atoms with E-state index in [4.69, 9.17) is 0 Å². The molecular weight excluding hydrogens is 326 g/mol. The van der Waals surface area contributed by atoms with Gasteiger partial charge in [0.05, 0.1) is 26.4 Å². The van der Waals surface area contributed by atoms with Crippen LogP contribution in [0.5, 0.6) is 0 Å². The standard InChI is InChI=1S/C19H28NSi3/c1-14-8-15(10-17(9-14)21(2)3)20-16-11-18(22(4)5)13-19(12-16)23(6)7/h8-13,20H,1-7H3. The maximum absolute atomic E-state index is 3.68. The number of nitrogens with one attached hydrogen (secondary N) is 1. The van der Waals surface area contributed by atoms with Crippen molar-refractivity contribution in [3.63, 3.8) is 0 Å². The summed E-state index contributed by atoms with van der Waals surface area (Å²) in [7, 11) is -1.28. The van der Waals surface area contributed by atoms with Gasteiger partial charge in [-0.3, -0.25) is 0 Å². The molecule has 0 saturated carbocycles. The molecule has 0 spiro atoms. The van der Waals surface area contributed by atoms with Crippen molar-refractivity contribution in [1.29, 1.82) is 0 Å². The molecule has 2 aromatic carbocycles.